The molecule has 2 rings (SSSR count). The third kappa shape index (κ3) is 5.17. The van der Waals surface area contributed by atoms with E-state index in [-0.39, 0.29) is 0 Å². The Bertz CT molecular complexity index is 355. The van der Waals surface area contributed by atoms with Crippen molar-refractivity contribution < 1.29 is 0 Å². The van der Waals surface area contributed by atoms with Crippen LogP contribution in [0.1, 0.15) is 25.3 Å². The van der Waals surface area contributed by atoms with Gasteiger partial charge in [-0.25, -0.2) is 0 Å². The molecule has 0 saturated carbocycles. The second-order valence-electron chi connectivity index (χ2n) is 5.50. The van der Waals surface area contributed by atoms with Crippen LogP contribution in [-0.4, -0.2) is 42.1 Å². The van der Waals surface area contributed by atoms with Gasteiger partial charge in [0, 0.05) is 17.8 Å². The normalized spacial score (nSPS) is 23.1. The number of hydrogen-bond acceptors (Lipinski definition) is 3. The maximum Gasteiger partial charge on any atom is 0.0230 e. The average Bonchev–Trinajstić information content (AvgIpc) is 2.81. The van der Waals surface area contributed by atoms with Crippen LogP contribution in [0.15, 0.2) is 30.3 Å². The highest BCUT2D eigenvalue weighted by Gasteiger charge is 2.22. The second kappa shape index (κ2) is 7.93. The fourth-order valence-corrected chi connectivity index (χ4v) is 3.84. The smallest absolute Gasteiger partial charge is 0.0230 e. The van der Waals surface area contributed by atoms with E-state index in [0.29, 0.717) is 0 Å². The SMILES string of the molecule is CC1SCCC1NCCCN(C)Cc1ccccc1. The standard InChI is InChI=1S/C16H26N2S/c1-14-16(9-12-19-14)17-10-6-11-18(2)13-15-7-4-3-5-8-15/h3-5,7-8,14,16-17H,6,9-13H2,1-2H3. The molecule has 1 aliphatic heterocycles. The number of benzene rings is 1. The second-order valence-corrected chi connectivity index (χ2v) is 6.99. The van der Waals surface area contributed by atoms with E-state index in [9.17, 15) is 0 Å². The lowest BCUT2D eigenvalue weighted by Gasteiger charge is -2.19. The van der Waals surface area contributed by atoms with E-state index in [1.165, 1.54) is 24.2 Å². The molecule has 1 aromatic rings. The van der Waals surface area contributed by atoms with Gasteiger partial charge in [0.05, 0.1) is 0 Å². The first-order valence-electron chi connectivity index (χ1n) is 7.33. The topological polar surface area (TPSA) is 15.3 Å². The molecular weight excluding hydrogens is 252 g/mol. The Morgan fingerprint density at radius 2 is 2.11 bits per heavy atom. The van der Waals surface area contributed by atoms with E-state index < -0.39 is 0 Å². The summed E-state index contributed by atoms with van der Waals surface area (Å²) in [5.74, 6) is 1.33. The van der Waals surface area contributed by atoms with Gasteiger partial charge in [-0.1, -0.05) is 37.3 Å². The fraction of sp³-hybridized carbons (Fsp3) is 0.625. The molecule has 2 nitrogen and oxygen atoms in total. The van der Waals surface area contributed by atoms with Gasteiger partial charge in [-0.05, 0) is 44.3 Å². The monoisotopic (exact) mass is 278 g/mol. The Balaban J connectivity index is 1.58. The zero-order valence-corrected chi connectivity index (χ0v) is 13.0. The van der Waals surface area contributed by atoms with E-state index in [1.54, 1.807) is 0 Å². The third-order valence-corrected chi connectivity index (χ3v) is 5.12. The summed E-state index contributed by atoms with van der Waals surface area (Å²) >= 11 is 2.10. The summed E-state index contributed by atoms with van der Waals surface area (Å²) in [6.07, 6.45) is 2.57. The van der Waals surface area contributed by atoms with Gasteiger partial charge in [-0.2, -0.15) is 11.8 Å². The first kappa shape index (κ1) is 14.9. The van der Waals surface area contributed by atoms with Crippen LogP contribution in [-0.2, 0) is 6.54 Å². The fourth-order valence-electron chi connectivity index (χ4n) is 2.61. The van der Waals surface area contributed by atoms with Gasteiger partial charge in [0.1, 0.15) is 0 Å². The predicted octanol–water partition coefficient (Wildman–Crippen LogP) is 2.99. The Kier molecular flexibility index (Phi) is 6.21. The van der Waals surface area contributed by atoms with Crippen LogP contribution >= 0.6 is 11.8 Å². The van der Waals surface area contributed by atoms with Crippen molar-refractivity contribution >= 4 is 11.8 Å². The van der Waals surface area contributed by atoms with Gasteiger partial charge >= 0.3 is 0 Å². The molecule has 0 spiro atoms. The summed E-state index contributed by atoms with van der Waals surface area (Å²) in [7, 11) is 2.21. The first-order chi connectivity index (χ1) is 9.25. The number of thioether (sulfide) groups is 1. The maximum atomic E-state index is 3.70. The van der Waals surface area contributed by atoms with Crippen LogP contribution in [0.3, 0.4) is 0 Å². The van der Waals surface area contributed by atoms with Crippen molar-refractivity contribution in [2.24, 2.45) is 0 Å². The Hall–Kier alpha value is -0.510. The maximum absolute atomic E-state index is 3.70. The molecular formula is C16H26N2S. The molecule has 19 heavy (non-hydrogen) atoms. The van der Waals surface area contributed by atoms with Crippen LogP contribution in [0.25, 0.3) is 0 Å². The van der Waals surface area contributed by atoms with Crippen LogP contribution in [0.5, 0.6) is 0 Å². The van der Waals surface area contributed by atoms with Crippen LogP contribution in [0.4, 0.5) is 0 Å². The summed E-state index contributed by atoms with van der Waals surface area (Å²) in [5.41, 5.74) is 1.40. The number of nitrogens with zero attached hydrogens (tertiary/aromatic N) is 1. The zero-order chi connectivity index (χ0) is 13.5. The van der Waals surface area contributed by atoms with E-state index in [2.05, 4.69) is 66.3 Å². The van der Waals surface area contributed by atoms with E-state index in [4.69, 9.17) is 0 Å². The molecule has 2 unspecified atom stereocenters. The van der Waals surface area contributed by atoms with Crippen molar-refractivity contribution in [1.82, 2.24) is 10.2 Å². The number of nitrogens with one attached hydrogen (secondary N) is 1. The van der Waals surface area contributed by atoms with Gasteiger partial charge in [-0.3, -0.25) is 0 Å². The minimum atomic E-state index is 0.740. The number of hydrogen-bond donors (Lipinski definition) is 1. The highest BCUT2D eigenvalue weighted by atomic mass is 32.2. The van der Waals surface area contributed by atoms with Gasteiger partial charge in [0.2, 0.25) is 0 Å². The van der Waals surface area contributed by atoms with Gasteiger partial charge in [0.25, 0.3) is 0 Å². The summed E-state index contributed by atoms with van der Waals surface area (Å²) in [6.45, 7) is 5.71. The highest BCUT2D eigenvalue weighted by Crippen LogP contribution is 2.25. The molecule has 3 heteroatoms. The van der Waals surface area contributed by atoms with Crippen molar-refractivity contribution in [3.63, 3.8) is 0 Å². The van der Waals surface area contributed by atoms with Crippen LogP contribution < -0.4 is 5.32 Å². The molecule has 1 aliphatic rings. The minimum Gasteiger partial charge on any atom is -0.313 e. The molecule has 106 valence electrons. The quantitative estimate of drug-likeness (QED) is 0.772. The summed E-state index contributed by atoms with van der Waals surface area (Å²) in [4.78, 5) is 2.41. The zero-order valence-electron chi connectivity index (χ0n) is 12.1. The Morgan fingerprint density at radius 3 is 2.79 bits per heavy atom. The largest absolute Gasteiger partial charge is 0.313 e. The van der Waals surface area contributed by atoms with Crippen LogP contribution in [0, 0.1) is 0 Å². The van der Waals surface area contributed by atoms with Gasteiger partial charge in [-0.15, -0.1) is 0 Å². The van der Waals surface area contributed by atoms with Crippen LogP contribution in [0.2, 0.25) is 0 Å². The minimum absolute atomic E-state index is 0.740. The van der Waals surface area contributed by atoms with E-state index in [1.807, 2.05) is 0 Å². The Labute approximate surface area is 122 Å². The molecule has 0 radical (unpaired) electrons. The molecule has 1 saturated heterocycles. The molecule has 0 amide bonds. The first-order valence-corrected chi connectivity index (χ1v) is 8.38. The Morgan fingerprint density at radius 1 is 1.32 bits per heavy atom. The lowest BCUT2D eigenvalue weighted by Crippen LogP contribution is -2.35. The van der Waals surface area contributed by atoms with Crippen molar-refractivity contribution in [3.8, 4) is 0 Å². The van der Waals surface area contributed by atoms with Gasteiger partial charge < -0.3 is 10.2 Å². The van der Waals surface area contributed by atoms with Crippen molar-refractivity contribution in [1.29, 1.82) is 0 Å². The lowest BCUT2D eigenvalue weighted by atomic mass is 10.1. The van der Waals surface area contributed by atoms with Crippen molar-refractivity contribution in [2.75, 3.05) is 25.9 Å². The summed E-state index contributed by atoms with van der Waals surface area (Å²) < 4.78 is 0. The third-order valence-electron chi connectivity index (χ3n) is 3.79. The number of rotatable bonds is 7. The van der Waals surface area contributed by atoms with Crippen molar-refractivity contribution in [2.45, 2.75) is 37.6 Å². The molecule has 1 fully saturated rings. The molecule has 1 N–H and O–H groups in total. The lowest BCUT2D eigenvalue weighted by molar-refractivity contribution is 0.316. The predicted molar refractivity (Wildman–Crippen MR) is 85.7 cm³/mol. The molecule has 0 aromatic heterocycles. The molecule has 0 bridgehead atoms. The summed E-state index contributed by atoms with van der Waals surface area (Å²) in [6, 6.07) is 11.4. The van der Waals surface area contributed by atoms with E-state index >= 15 is 0 Å². The highest BCUT2D eigenvalue weighted by molar-refractivity contribution is 8.00. The molecule has 2 atom stereocenters. The summed E-state index contributed by atoms with van der Waals surface area (Å²) in [5, 5.41) is 4.50. The molecule has 0 aliphatic carbocycles. The van der Waals surface area contributed by atoms with Crippen molar-refractivity contribution in [3.05, 3.63) is 35.9 Å². The molecule has 1 aromatic carbocycles. The average molecular weight is 278 g/mol. The van der Waals surface area contributed by atoms with E-state index in [0.717, 1.165) is 30.9 Å². The molecule has 1 heterocycles. The van der Waals surface area contributed by atoms with Gasteiger partial charge in [0.15, 0.2) is 0 Å².